The Morgan fingerprint density at radius 1 is 0.520 bits per heavy atom. The third-order valence-electron chi connectivity index (χ3n) is 11.9. The first-order chi connectivity index (χ1) is 24.6. The summed E-state index contributed by atoms with van der Waals surface area (Å²) in [5.74, 6) is -0.281. The van der Waals surface area contributed by atoms with Crippen LogP contribution in [0, 0.1) is 5.41 Å². The number of hydrogen-bond donors (Lipinski definition) is 0. The van der Waals surface area contributed by atoms with Gasteiger partial charge in [-0.3, -0.25) is 0 Å². The fraction of sp³-hybridized carbons (Fsp3) is 0.830. The molecule has 2 aliphatic heterocycles. The third kappa shape index (κ3) is 18.6. The number of rotatable bonds is 30. The van der Waals surface area contributed by atoms with Crippen molar-refractivity contribution in [1.82, 2.24) is 4.90 Å². The van der Waals surface area contributed by atoms with E-state index in [0.29, 0.717) is 11.5 Å². The molecule has 2 heterocycles. The first kappa shape index (κ1) is 43.2. The zero-order valence-electron chi connectivity index (χ0n) is 33.7. The number of piperidine rings is 1. The third-order valence-corrected chi connectivity index (χ3v) is 11.9. The molecular formula is C47H83NO2. The highest BCUT2D eigenvalue weighted by Gasteiger charge is 2.56. The summed E-state index contributed by atoms with van der Waals surface area (Å²) in [5, 5.41) is 0. The SMILES string of the molecule is CCCCC/C=C\C/C=C\CCCCCCCCC1(CCCCCCCC/C=C\C/C=C\CCCCC)CCC2(C1)O[C@H]1CN(C)CC[C@H]1O2. The summed E-state index contributed by atoms with van der Waals surface area (Å²) >= 11 is 0. The Hall–Kier alpha value is -1.16. The van der Waals surface area contributed by atoms with Gasteiger partial charge in [0.25, 0.3) is 0 Å². The number of unbranched alkanes of at least 4 members (excludes halogenated alkanes) is 18. The maximum absolute atomic E-state index is 6.82. The summed E-state index contributed by atoms with van der Waals surface area (Å²) in [7, 11) is 2.24. The van der Waals surface area contributed by atoms with Crippen LogP contribution in [0.25, 0.3) is 0 Å². The Labute approximate surface area is 312 Å². The number of likely N-dealkylation sites (N-methyl/N-ethyl adjacent to an activating group) is 1. The van der Waals surface area contributed by atoms with Crippen LogP contribution in [-0.4, -0.2) is 43.0 Å². The van der Waals surface area contributed by atoms with Crippen LogP contribution in [0.1, 0.15) is 206 Å². The van der Waals surface area contributed by atoms with Crippen molar-refractivity contribution in [2.45, 2.75) is 224 Å². The van der Waals surface area contributed by atoms with Crippen molar-refractivity contribution in [2.24, 2.45) is 5.41 Å². The minimum atomic E-state index is -0.281. The molecule has 0 radical (unpaired) electrons. The van der Waals surface area contributed by atoms with E-state index >= 15 is 0 Å². The minimum Gasteiger partial charge on any atom is -0.344 e. The number of ether oxygens (including phenoxy) is 2. The summed E-state index contributed by atoms with van der Waals surface area (Å²) in [5.41, 5.74) is 0.434. The molecule has 0 aromatic carbocycles. The molecule has 3 fully saturated rings. The van der Waals surface area contributed by atoms with Crippen molar-refractivity contribution >= 4 is 0 Å². The fourth-order valence-electron chi connectivity index (χ4n) is 8.81. The molecular weight excluding hydrogens is 611 g/mol. The highest BCUT2D eigenvalue weighted by atomic mass is 16.8. The second-order valence-electron chi connectivity index (χ2n) is 16.6. The Morgan fingerprint density at radius 2 is 0.960 bits per heavy atom. The second kappa shape index (κ2) is 27.4. The Bertz CT molecular complexity index is 887. The maximum Gasteiger partial charge on any atom is 0.169 e. The minimum absolute atomic E-state index is 0.281. The predicted molar refractivity (Wildman–Crippen MR) is 219 cm³/mol. The normalized spacial score (nSPS) is 24.0. The molecule has 1 spiro atoms. The van der Waals surface area contributed by atoms with Gasteiger partial charge in [0.15, 0.2) is 5.79 Å². The van der Waals surface area contributed by atoms with Gasteiger partial charge in [0.05, 0.1) is 12.2 Å². The smallest absolute Gasteiger partial charge is 0.169 e. The van der Waals surface area contributed by atoms with Gasteiger partial charge in [-0.2, -0.15) is 0 Å². The van der Waals surface area contributed by atoms with Crippen LogP contribution >= 0.6 is 0 Å². The second-order valence-corrected chi connectivity index (χ2v) is 16.6. The van der Waals surface area contributed by atoms with Crippen LogP contribution < -0.4 is 0 Å². The summed E-state index contributed by atoms with van der Waals surface area (Å²) in [4.78, 5) is 2.43. The van der Waals surface area contributed by atoms with Crippen LogP contribution in [0.4, 0.5) is 0 Å². The van der Waals surface area contributed by atoms with Gasteiger partial charge < -0.3 is 14.4 Å². The average molecular weight is 694 g/mol. The van der Waals surface area contributed by atoms with E-state index in [9.17, 15) is 0 Å². The van der Waals surface area contributed by atoms with Crippen LogP contribution in [0.5, 0.6) is 0 Å². The molecule has 0 aromatic rings. The standard InChI is InChI=1S/C47H83NO2/c1-4-6-8-10-12-14-16-18-20-22-24-26-28-30-32-34-37-46(39-40-47(43-46)49-44-36-41-48(3)42-45(44)50-47)38-35-33-31-29-27-25-23-21-19-17-15-13-11-9-7-5-2/h12-15,18-21,44-45H,4-11,16-17,22-43H2,1-3H3/b14-12-,15-13-,20-18-,21-19-/t44-,45+,47?/m1/s1. The average Bonchev–Trinajstić information content (AvgIpc) is 3.65. The van der Waals surface area contributed by atoms with Crippen LogP contribution in [0.3, 0.4) is 0 Å². The van der Waals surface area contributed by atoms with Crippen LogP contribution in [0.15, 0.2) is 48.6 Å². The summed E-state index contributed by atoms with van der Waals surface area (Å²) < 4.78 is 13.6. The molecule has 1 saturated carbocycles. The van der Waals surface area contributed by atoms with Crippen LogP contribution in [0.2, 0.25) is 0 Å². The first-order valence-corrected chi connectivity index (χ1v) is 22.2. The molecule has 3 aliphatic rings. The predicted octanol–water partition coefficient (Wildman–Crippen LogP) is 14.4. The highest BCUT2D eigenvalue weighted by molar-refractivity contribution is 5.01. The topological polar surface area (TPSA) is 21.7 Å². The molecule has 0 N–H and O–H groups in total. The molecule has 0 amide bonds. The van der Waals surface area contributed by atoms with Crippen molar-refractivity contribution in [3.63, 3.8) is 0 Å². The molecule has 0 bridgehead atoms. The quantitative estimate of drug-likeness (QED) is 0.0552. The summed E-state index contributed by atoms with van der Waals surface area (Å²) in [6.45, 7) is 6.74. The fourth-order valence-corrected chi connectivity index (χ4v) is 8.81. The molecule has 0 aromatic heterocycles. The van der Waals surface area contributed by atoms with Crippen molar-refractivity contribution in [2.75, 3.05) is 20.1 Å². The number of likely N-dealkylation sites (tertiary alicyclic amines) is 1. The Balaban J connectivity index is 1.28. The zero-order chi connectivity index (χ0) is 35.4. The largest absolute Gasteiger partial charge is 0.344 e. The van der Waals surface area contributed by atoms with Gasteiger partial charge in [-0.15, -0.1) is 0 Å². The molecule has 1 aliphatic carbocycles. The molecule has 288 valence electrons. The van der Waals surface area contributed by atoms with Crippen LogP contribution in [-0.2, 0) is 9.47 Å². The van der Waals surface area contributed by atoms with E-state index < -0.39 is 0 Å². The van der Waals surface area contributed by atoms with Gasteiger partial charge in [-0.1, -0.05) is 152 Å². The van der Waals surface area contributed by atoms with E-state index in [1.54, 1.807) is 0 Å². The molecule has 3 atom stereocenters. The monoisotopic (exact) mass is 694 g/mol. The van der Waals surface area contributed by atoms with Gasteiger partial charge in [-0.05, 0) is 102 Å². The van der Waals surface area contributed by atoms with E-state index in [2.05, 4.69) is 74.4 Å². The molecule has 2 saturated heterocycles. The zero-order valence-corrected chi connectivity index (χ0v) is 33.7. The molecule has 50 heavy (non-hydrogen) atoms. The number of fused-ring (bicyclic) bond motifs is 1. The summed E-state index contributed by atoms with van der Waals surface area (Å²) in [6.07, 6.45) is 59.0. The van der Waals surface area contributed by atoms with Gasteiger partial charge >= 0.3 is 0 Å². The van der Waals surface area contributed by atoms with E-state index in [4.69, 9.17) is 9.47 Å². The van der Waals surface area contributed by atoms with Gasteiger partial charge in [-0.25, -0.2) is 0 Å². The van der Waals surface area contributed by atoms with Crippen molar-refractivity contribution in [3.05, 3.63) is 48.6 Å². The van der Waals surface area contributed by atoms with E-state index in [1.807, 2.05) is 0 Å². The van der Waals surface area contributed by atoms with E-state index in [1.165, 1.54) is 161 Å². The summed E-state index contributed by atoms with van der Waals surface area (Å²) in [6, 6.07) is 0. The van der Waals surface area contributed by atoms with Gasteiger partial charge in [0.2, 0.25) is 0 Å². The number of hydrogen-bond acceptors (Lipinski definition) is 3. The van der Waals surface area contributed by atoms with E-state index in [-0.39, 0.29) is 11.9 Å². The van der Waals surface area contributed by atoms with Gasteiger partial charge in [0, 0.05) is 25.9 Å². The Morgan fingerprint density at radius 3 is 1.46 bits per heavy atom. The lowest BCUT2D eigenvalue weighted by molar-refractivity contribution is -0.174. The molecule has 3 nitrogen and oxygen atoms in total. The lowest BCUT2D eigenvalue weighted by Gasteiger charge is -2.32. The molecule has 3 rings (SSSR count). The number of allylic oxidation sites excluding steroid dienone is 8. The van der Waals surface area contributed by atoms with Crippen molar-refractivity contribution < 1.29 is 9.47 Å². The molecule has 3 heteroatoms. The van der Waals surface area contributed by atoms with Gasteiger partial charge in [0.1, 0.15) is 0 Å². The van der Waals surface area contributed by atoms with Crippen molar-refractivity contribution in [3.8, 4) is 0 Å². The molecule has 1 unspecified atom stereocenters. The first-order valence-electron chi connectivity index (χ1n) is 22.2. The Kier molecular flexibility index (Phi) is 23.7. The number of nitrogens with zero attached hydrogens (tertiary/aromatic N) is 1. The van der Waals surface area contributed by atoms with Crippen molar-refractivity contribution in [1.29, 1.82) is 0 Å². The highest BCUT2D eigenvalue weighted by Crippen LogP contribution is 2.56. The lowest BCUT2D eigenvalue weighted by atomic mass is 9.76. The maximum atomic E-state index is 6.82. The van der Waals surface area contributed by atoms with E-state index in [0.717, 1.165) is 45.2 Å². The lowest BCUT2D eigenvalue weighted by Crippen LogP contribution is -2.43.